The zero-order valence-electron chi connectivity index (χ0n) is 21.4. The Hall–Kier alpha value is -4.62. The maximum absolute atomic E-state index is 2.48. The SMILES string of the molecule is CC1(C)c2ccccc2-c2ccc(-c3ccc4c(c3)c3c5ccccc5cc5c6ccccc6n4c53)cc21. The van der Waals surface area contributed by atoms with Crippen LogP contribution in [-0.4, -0.2) is 4.40 Å². The van der Waals surface area contributed by atoms with Gasteiger partial charge in [0.2, 0.25) is 0 Å². The van der Waals surface area contributed by atoms with Gasteiger partial charge in [0.05, 0.1) is 16.6 Å². The van der Waals surface area contributed by atoms with E-state index in [1.165, 1.54) is 82.2 Å². The highest BCUT2D eigenvalue weighted by atomic mass is 14.9. The molecule has 0 atom stereocenters. The van der Waals surface area contributed by atoms with Gasteiger partial charge >= 0.3 is 0 Å². The molecular formula is C37H25N. The van der Waals surface area contributed by atoms with E-state index in [4.69, 9.17) is 0 Å². The highest BCUT2D eigenvalue weighted by molar-refractivity contribution is 6.31. The maximum Gasteiger partial charge on any atom is 0.0626 e. The quantitative estimate of drug-likeness (QED) is 0.219. The molecule has 8 aromatic rings. The summed E-state index contributed by atoms with van der Waals surface area (Å²) in [5.74, 6) is 0. The number of aromatic nitrogens is 1. The number of rotatable bonds is 1. The van der Waals surface area contributed by atoms with Crippen molar-refractivity contribution in [3.63, 3.8) is 0 Å². The topological polar surface area (TPSA) is 4.41 Å². The Balaban J connectivity index is 1.36. The van der Waals surface area contributed by atoms with E-state index in [-0.39, 0.29) is 5.41 Å². The molecule has 1 nitrogen and oxygen atoms in total. The molecular weight excluding hydrogens is 458 g/mol. The van der Waals surface area contributed by atoms with Crippen LogP contribution in [0.2, 0.25) is 0 Å². The van der Waals surface area contributed by atoms with Crippen LogP contribution in [0.4, 0.5) is 0 Å². The number of para-hydroxylation sites is 1. The van der Waals surface area contributed by atoms with Crippen LogP contribution in [0.25, 0.3) is 71.1 Å². The number of benzene rings is 6. The zero-order chi connectivity index (χ0) is 25.2. The Kier molecular flexibility index (Phi) is 3.67. The minimum Gasteiger partial charge on any atom is -0.308 e. The van der Waals surface area contributed by atoms with Crippen molar-refractivity contribution in [1.29, 1.82) is 0 Å². The first-order valence-electron chi connectivity index (χ1n) is 13.5. The minimum atomic E-state index is -0.00227. The molecule has 178 valence electrons. The van der Waals surface area contributed by atoms with Crippen molar-refractivity contribution in [3.05, 3.63) is 126 Å². The smallest absolute Gasteiger partial charge is 0.0626 e. The van der Waals surface area contributed by atoms with E-state index >= 15 is 0 Å². The van der Waals surface area contributed by atoms with Crippen LogP contribution in [-0.2, 0) is 5.41 Å². The van der Waals surface area contributed by atoms with Crippen LogP contribution < -0.4 is 0 Å². The number of hydrogen-bond donors (Lipinski definition) is 0. The van der Waals surface area contributed by atoms with Gasteiger partial charge in [0, 0.05) is 27.0 Å². The largest absolute Gasteiger partial charge is 0.308 e. The second kappa shape index (κ2) is 6.82. The molecule has 1 aliphatic carbocycles. The third kappa shape index (κ3) is 2.38. The van der Waals surface area contributed by atoms with Crippen LogP contribution in [0, 0.1) is 0 Å². The van der Waals surface area contributed by atoms with Gasteiger partial charge in [-0.15, -0.1) is 0 Å². The molecule has 6 aromatic carbocycles. The summed E-state index contributed by atoms with van der Waals surface area (Å²) in [7, 11) is 0. The van der Waals surface area contributed by atoms with Crippen LogP contribution in [0.15, 0.2) is 115 Å². The summed E-state index contributed by atoms with van der Waals surface area (Å²) in [6.45, 7) is 4.71. The van der Waals surface area contributed by atoms with Gasteiger partial charge < -0.3 is 4.40 Å². The number of hydrogen-bond acceptors (Lipinski definition) is 0. The summed E-state index contributed by atoms with van der Waals surface area (Å²) in [5, 5.41) is 7.97. The average Bonchev–Trinajstić information content (AvgIpc) is 3.55. The highest BCUT2D eigenvalue weighted by Gasteiger charge is 2.35. The van der Waals surface area contributed by atoms with E-state index < -0.39 is 0 Å². The summed E-state index contributed by atoms with van der Waals surface area (Å²) in [5.41, 5.74) is 12.0. The maximum atomic E-state index is 2.48. The molecule has 0 saturated heterocycles. The zero-order valence-corrected chi connectivity index (χ0v) is 21.4. The van der Waals surface area contributed by atoms with Crippen molar-refractivity contribution in [2.75, 3.05) is 0 Å². The van der Waals surface area contributed by atoms with Gasteiger partial charge in [-0.1, -0.05) is 98.8 Å². The Bertz CT molecular complexity index is 2260. The molecule has 0 aliphatic heterocycles. The van der Waals surface area contributed by atoms with Gasteiger partial charge in [-0.3, -0.25) is 0 Å². The Morgan fingerprint density at radius 2 is 1.18 bits per heavy atom. The second-order valence-electron chi connectivity index (χ2n) is 11.4. The first-order valence-corrected chi connectivity index (χ1v) is 13.5. The molecule has 1 aliphatic rings. The summed E-state index contributed by atoms with van der Waals surface area (Å²) in [4.78, 5) is 0. The van der Waals surface area contributed by atoms with E-state index in [1.54, 1.807) is 0 Å². The third-order valence-corrected chi connectivity index (χ3v) is 9.10. The molecule has 2 aromatic heterocycles. The van der Waals surface area contributed by atoms with E-state index in [9.17, 15) is 0 Å². The van der Waals surface area contributed by atoms with E-state index in [0.717, 1.165) is 0 Å². The molecule has 0 bridgehead atoms. The summed E-state index contributed by atoms with van der Waals surface area (Å²) in [6.07, 6.45) is 0. The predicted molar refractivity (Wildman–Crippen MR) is 162 cm³/mol. The third-order valence-electron chi connectivity index (χ3n) is 9.10. The van der Waals surface area contributed by atoms with Crippen LogP contribution in [0.1, 0.15) is 25.0 Å². The number of fused-ring (bicyclic) bond motifs is 11. The van der Waals surface area contributed by atoms with Gasteiger partial charge in [-0.2, -0.15) is 0 Å². The van der Waals surface area contributed by atoms with Gasteiger partial charge in [0.25, 0.3) is 0 Å². The molecule has 38 heavy (non-hydrogen) atoms. The number of nitrogens with zero attached hydrogens (tertiary/aromatic N) is 1. The van der Waals surface area contributed by atoms with Crippen molar-refractivity contribution in [1.82, 2.24) is 4.40 Å². The van der Waals surface area contributed by atoms with Crippen LogP contribution in [0.3, 0.4) is 0 Å². The van der Waals surface area contributed by atoms with Crippen molar-refractivity contribution in [2.24, 2.45) is 0 Å². The summed E-state index contributed by atoms with van der Waals surface area (Å²) < 4.78 is 2.48. The molecule has 2 heterocycles. The van der Waals surface area contributed by atoms with Gasteiger partial charge in [0.15, 0.2) is 0 Å². The molecule has 1 heteroatoms. The molecule has 9 rings (SSSR count). The van der Waals surface area contributed by atoms with E-state index in [2.05, 4.69) is 134 Å². The fourth-order valence-electron chi connectivity index (χ4n) is 7.31. The summed E-state index contributed by atoms with van der Waals surface area (Å²) in [6, 6.07) is 43.1. The van der Waals surface area contributed by atoms with Crippen molar-refractivity contribution in [3.8, 4) is 22.3 Å². The van der Waals surface area contributed by atoms with Gasteiger partial charge in [0.1, 0.15) is 0 Å². The lowest BCUT2D eigenvalue weighted by Gasteiger charge is -2.22. The fourth-order valence-corrected chi connectivity index (χ4v) is 7.31. The predicted octanol–water partition coefficient (Wildman–Crippen LogP) is 9.96. The van der Waals surface area contributed by atoms with Gasteiger partial charge in [-0.25, -0.2) is 0 Å². The Labute approximate surface area is 220 Å². The molecule has 0 amide bonds. The summed E-state index contributed by atoms with van der Waals surface area (Å²) >= 11 is 0. The van der Waals surface area contributed by atoms with E-state index in [0.29, 0.717) is 0 Å². The normalized spacial score (nSPS) is 14.3. The van der Waals surface area contributed by atoms with Gasteiger partial charge in [-0.05, 0) is 74.5 Å². The highest BCUT2D eigenvalue weighted by Crippen LogP contribution is 2.50. The van der Waals surface area contributed by atoms with Crippen molar-refractivity contribution in [2.45, 2.75) is 19.3 Å². The Morgan fingerprint density at radius 3 is 2.11 bits per heavy atom. The van der Waals surface area contributed by atoms with E-state index in [1.807, 2.05) is 0 Å². The molecule has 0 N–H and O–H groups in total. The monoisotopic (exact) mass is 483 g/mol. The second-order valence-corrected chi connectivity index (χ2v) is 11.4. The molecule has 0 radical (unpaired) electrons. The molecule has 0 saturated carbocycles. The molecule has 0 unspecified atom stereocenters. The standard InChI is InChI=1S/C37H25N/c1-37(2)31-13-7-5-11-26(31)27-17-15-23(21-32(27)37)22-16-18-34-30(19-22)35-25-10-4-3-9-24(25)20-29-28-12-6-8-14-33(28)38(34)36(29)35/h3-21H,1-2H3. The van der Waals surface area contributed by atoms with Crippen molar-refractivity contribution >= 4 is 48.9 Å². The average molecular weight is 484 g/mol. The lowest BCUT2D eigenvalue weighted by atomic mass is 9.81. The Morgan fingerprint density at radius 1 is 0.500 bits per heavy atom. The molecule has 0 fully saturated rings. The minimum absolute atomic E-state index is 0.00227. The first-order chi connectivity index (χ1) is 18.6. The molecule has 0 spiro atoms. The van der Waals surface area contributed by atoms with Crippen molar-refractivity contribution < 1.29 is 0 Å². The first kappa shape index (κ1) is 20.4. The lowest BCUT2D eigenvalue weighted by molar-refractivity contribution is 0.660. The van der Waals surface area contributed by atoms with Crippen LogP contribution >= 0.6 is 0 Å². The van der Waals surface area contributed by atoms with Crippen LogP contribution in [0.5, 0.6) is 0 Å². The lowest BCUT2D eigenvalue weighted by Crippen LogP contribution is -2.14. The fraction of sp³-hybridized carbons (Fsp3) is 0.0811.